The molecule has 0 atom stereocenters. The molecule has 0 aliphatic heterocycles. The SMILES string of the molecule is CCNc1cc(C(C)C)nc2c(Br)cc(I)cc12. The first-order valence-electron chi connectivity index (χ1n) is 6.06. The van der Waals surface area contributed by atoms with Gasteiger partial charge in [-0.05, 0) is 69.6 Å². The van der Waals surface area contributed by atoms with Crippen LogP contribution < -0.4 is 5.32 Å². The van der Waals surface area contributed by atoms with Gasteiger partial charge in [0.15, 0.2) is 0 Å². The number of pyridine rings is 1. The first-order valence-corrected chi connectivity index (χ1v) is 7.93. The second-order valence-electron chi connectivity index (χ2n) is 4.56. The zero-order valence-corrected chi connectivity index (χ0v) is 14.5. The van der Waals surface area contributed by atoms with Gasteiger partial charge in [0.25, 0.3) is 0 Å². The number of anilines is 1. The van der Waals surface area contributed by atoms with Gasteiger partial charge in [-0.3, -0.25) is 4.98 Å². The molecule has 0 unspecified atom stereocenters. The maximum absolute atomic E-state index is 4.77. The summed E-state index contributed by atoms with van der Waals surface area (Å²) >= 11 is 5.96. The molecule has 0 aliphatic rings. The normalized spacial score (nSPS) is 11.2. The van der Waals surface area contributed by atoms with Crippen molar-refractivity contribution in [1.29, 1.82) is 0 Å². The number of hydrogen-bond acceptors (Lipinski definition) is 2. The van der Waals surface area contributed by atoms with Crippen molar-refractivity contribution in [3.63, 3.8) is 0 Å². The standard InChI is InChI=1S/C14H16BrIN2/c1-4-17-13-7-12(8(2)3)18-14-10(13)5-9(16)6-11(14)15/h5-8H,4H2,1-3H3,(H,17,18). The molecule has 0 aliphatic carbocycles. The highest BCUT2D eigenvalue weighted by molar-refractivity contribution is 14.1. The van der Waals surface area contributed by atoms with E-state index < -0.39 is 0 Å². The number of aromatic nitrogens is 1. The predicted molar refractivity (Wildman–Crippen MR) is 90.4 cm³/mol. The van der Waals surface area contributed by atoms with E-state index in [9.17, 15) is 0 Å². The molecule has 1 aromatic heterocycles. The van der Waals surface area contributed by atoms with E-state index in [4.69, 9.17) is 4.98 Å². The van der Waals surface area contributed by atoms with Crippen LogP contribution in [0.15, 0.2) is 22.7 Å². The Kier molecular flexibility index (Phi) is 4.48. The summed E-state index contributed by atoms with van der Waals surface area (Å²) < 4.78 is 2.27. The Labute approximate surface area is 130 Å². The van der Waals surface area contributed by atoms with Crippen LogP contribution in [0.2, 0.25) is 0 Å². The van der Waals surface area contributed by atoms with Crippen LogP contribution in [0.1, 0.15) is 32.4 Å². The third-order valence-corrected chi connectivity index (χ3v) is 4.04. The van der Waals surface area contributed by atoms with E-state index in [1.165, 1.54) is 14.6 Å². The summed E-state index contributed by atoms with van der Waals surface area (Å²) in [4.78, 5) is 4.77. The van der Waals surface area contributed by atoms with Crippen LogP contribution >= 0.6 is 38.5 Å². The fourth-order valence-corrected chi connectivity index (χ4v) is 3.50. The molecule has 1 N–H and O–H groups in total. The number of nitrogens with zero attached hydrogens (tertiary/aromatic N) is 1. The average Bonchev–Trinajstić information content (AvgIpc) is 2.29. The lowest BCUT2D eigenvalue weighted by molar-refractivity contribution is 0.830. The van der Waals surface area contributed by atoms with Crippen molar-refractivity contribution in [1.82, 2.24) is 4.98 Å². The first kappa shape index (κ1) is 14.1. The lowest BCUT2D eigenvalue weighted by atomic mass is 10.1. The molecule has 2 nitrogen and oxygen atoms in total. The van der Waals surface area contributed by atoms with E-state index in [0.717, 1.165) is 22.2 Å². The molecule has 0 spiro atoms. The molecule has 0 saturated carbocycles. The van der Waals surface area contributed by atoms with Crippen LogP contribution in [-0.2, 0) is 0 Å². The number of hydrogen-bond donors (Lipinski definition) is 1. The highest BCUT2D eigenvalue weighted by Gasteiger charge is 2.11. The van der Waals surface area contributed by atoms with Crippen molar-refractivity contribution >= 4 is 55.1 Å². The molecular formula is C14H16BrIN2. The molecule has 0 radical (unpaired) electrons. The van der Waals surface area contributed by atoms with E-state index >= 15 is 0 Å². The molecule has 1 heterocycles. The molecular weight excluding hydrogens is 403 g/mol. The van der Waals surface area contributed by atoms with Crippen molar-refractivity contribution in [3.05, 3.63) is 31.9 Å². The average molecular weight is 419 g/mol. The highest BCUT2D eigenvalue weighted by atomic mass is 127. The van der Waals surface area contributed by atoms with Gasteiger partial charge in [0.05, 0.1) is 5.52 Å². The van der Waals surface area contributed by atoms with Gasteiger partial charge in [-0.2, -0.15) is 0 Å². The van der Waals surface area contributed by atoms with E-state index in [1.807, 2.05) is 0 Å². The van der Waals surface area contributed by atoms with Gasteiger partial charge in [0, 0.05) is 31.4 Å². The monoisotopic (exact) mass is 418 g/mol. The minimum absolute atomic E-state index is 0.429. The van der Waals surface area contributed by atoms with Crippen LogP contribution in [-0.4, -0.2) is 11.5 Å². The molecule has 96 valence electrons. The zero-order valence-electron chi connectivity index (χ0n) is 10.7. The first-order chi connectivity index (χ1) is 8.52. The molecule has 2 aromatic rings. The Balaban J connectivity index is 2.76. The van der Waals surface area contributed by atoms with Crippen molar-refractivity contribution in [2.24, 2.45) is 0 Å². The highest BCUT2D eigenvalue weighted by Crippen LogP contribution is 2.32. The van der Waals surface area contributed by atoms with Crippen molar-refractivity contribution in [2.45, 2.75) is 26.7 Å². The Hall–Kier alpha value is -0.360. The third-order valence-electron chi connectivity index (χ3n) is 2.81. The number of fused-ring (bicyclic) bond motifs is 1. The van der Waals surface area contributed by atoms with Gasteiger partial charge in [-0.25, -0.2) is 0 Å². The summed E-state index contributed by atoms with van der Waals surface area (Å²) in [7, 11) is 0. The number of benzene rings is 1. The van der Waals surface area contributed by atoms with Crippen LogP contribution in [0.3, 0.4) is 0 Å². The fraction of sp³-hybridized carbons (Fsp3) is 0.357. The smallest absolute Gasteiger partial charge is 0.0868 e. The van der Waals surface area contributed by atoms with Crippen molar-refractivity contribution in [3.8, 4) is 0 Å². The molecule has 0 amide bonds. The molecule has 1 aromatic carbocycles. The molecule has 2 rings (SSSR count). The number of rotatable bonds is 3. The molecule has 0 saturated heterocycles. The summed E-state index contributed by atoms with van der Waals surface area (Å²) in [6, 6.07) is 6.45. The van der Waals surface area contributed by atoms with Crippen LogP contribution in [0, 0.1) is 3.57 Å². The Morgan fingerprint density at radius 2 is 2.06 bits per heavy atom. The minimum Gasteiger partial charge on any atom is -0.385 e. The number of nitrogens with one attached hydrogen (secondary N) is 1. The minimum atomic E-state index is 0.429. The van der Waals surface area contributed by atoms with Gasteiger partial charge in [-0.1, -0.05) is 13.8 Å². The van der Waals surface area contributed by atoms with E-state index in [-0.39, 0.29) is 0 Å². The summed E-state index contributed by atoms with van der Waals surface area (Å²) in [6.45, 7) is 7.37. The maximum Gasteiger partial charge on any atom is 0.0868 e. The van der Waals surface area contributed by atoms with Gasteiger partial charge < -0.3 is 5.32 Å². The van der Waals surface area contributed by atoms with Gasteiger partial charge in [0.1, 0.15) is 0 Å². The summed E-state index contributed by atoms with van der Waals surface area (Å²) in [5.41, 5.74) is 3.34. The topological polar surface area (TPSA) is 24.9 Å². The molecule has 4 heteroatoms. The zero-order chi connectivity index (χ0) is 13.3. The quantitative estimate of drug-likeness (QED) is 0.696. The molecule has 18 heavy (non-hydrogen) atoms. The Bertz CT molecular complexity index is 582. The van der Waals surface area contributed by atoms with Crippen molar-refractivity contribution in [2.75, 3.05) is 11.9 Å². The summed E-state index contributed by atoms with van der Waals surface area (Å²) in [5.74, 6) is 0.429. The third kappa shape index (κ3) is 2.79. The second kappa shape index (κ2) is 5.74. The van der Waals surface area contributed by atoms with Crippen LogP contribution in [0.4, 0.5) is 5.69 Å². The summed E-state index contributed by atoms with van der Waals surface area (Å²) in [6.07, 6.45) is 0. The lowest BCUT2D eigenvalue weighted by Gasteiger charge is -2.14. The lowest BCUT2D eigenvalue weighted by Crippen LogP contribution is -2.02. The van der Waals surface area contributed by atoms with E-state index in [0.29, 0.717) is 5.92 Å². The predicted octanol–water partition coefficient (Wildman–Crippen LogP) is 5.16. The Morgan fingerprint density at radius 3 is 2.67 bits per heavy atom. The van der Waals surface area contributed by atoms with Crippen molar-refractivity contribution < 1.29 is 0 Å². The molecule has 0 fully saturated rings. The second-order valence-corrected chi connectivity index (χ2v) is 6.66. The van der Waals surface area contributed by atoms with Gasteiger partial charge >= 0.3 is 0 Å². The van der Waals surface area contributed by atoms with Gasteiger partial charge in [0.2, 0.25) is 0 Å². The van der Waals surface area contributed by atoms with E-state index in [2.05, 4.69) is 82.8 Å². The van der Waals surface area contributed by atoms with Crippen LogP contribution in [0.5, 0.6) is 0 Å². The summed E-state index contributed by atoms with van der Waals surface area (Å²) in [5, 5.41) is 4.62. The Morgan fingerprint density at radius 1 is 1.33 bits per heavy atom. The number of halogens is 2. The van der Waals surface area contributed by atoms with Gasteiger partial charge in [-0.15, -0.1) is 0 Å². The largest absolute Gasteiger partial charge is 0.385 e. The molecule has 0 bridgehead atoms. The fourth-order valence-electron chi connectivity index (χ4n) is 1.90. The van der Waals surface area contributed by atoms with E-state index in [1.54, 1.807) is 0 Å². The van der Waals surface area contributed by atoms with Crippen LogP contribution in [0.25, 0.3) is 10.9 Å². The maximum atomic E-state index is 4.77.